The molecule has 2 atom stereocenters. The van der Waals surface area contributed by atoms with Crippen LogP contribution < -0.4 is 9.47 Å². The van der Waals surface area contributed by atoms with Gasteiger partial charge in [-0.1, -0.05) is 66.7 Å². The van der Waals surface area contributed by atoms with E-state index in [1.54, 1.807) is 12.1 Å². The highest BCUT2D eigenvalue weighted by molar-refractivity contribution is 5.85. The van der Waals surface area contributed by atoms with Crippen LogP contribution in [0.3, 0.4) is 0 Å². The van der Waals surface area contributed by atoms with Gasteiger partial charge in [-0.2, -0.15) is 0 Å². The number of carbonyl (C=O) groups excluding carboxylic acids is 1. The topological polar surface area (TPSA) is 48.0 Å². The third-order valence-electron chi connectivity index (χ3n) is 6.85. The number of carbonyl (C=O) groups is 1. The molecular formula is C31H30FNO4. The number of fused-ring (bicyclic) bond motifs is 2. The number of benzene rings is 4. The smallest absolute Gasteiger partial charge is 0.343 e. The van der Waals surface area contributed by atoms with Crippen molar-refractivity contribution in [2.24, 2.45) is 0 Å². The van der Waals surface area contributed by atoms with Crippen LogP contribution in [0.4, 0.5) is 4.39 Å². The van der Waals surface area contributed by atoms with Gasteiger partial charge in [0, 0.05) is 24.6 Å². The molecule has 0 N–H and O–H groups in total. The molecule has 4 aromatic carbocycles. The highest BCUT2D eigenvalue weighted by Crippen LogP contribution is 2.41. The van der Waals surface area contributed by atoms with Gasteiger partial charge in [-0.15, -0.1) is 0 Å². The molecule has 1 aliphatic rings. The van der Waals surface area contributed by atoms with Crippen LogP contribution in [0, 0.1) is 5.82 Å². The number of ether oxygens (including phenoxy) is 3. The summed E-state index contributed by atoms with van der Waals surface area (Å²) in [6, 6.07) is 27.7. The van der Waals surface area contributed by atoms with Crippen molar-refractivity contribution in [1.29, 1.82) is 0 Å². The predicted octanol–water partition coefficient (Wildman–Crippen LogP) is 5.95. The van der Waals surface area contributed by atoms with Gasteiger partial charge in [0.1, 0.15) is 11.9 Å². The van der Waals surface area contributed by atoms with Gasteiger partial charge in [0.2, 0.25) is 0 Å². The van der Waals surface area contributed by atoms with Gasteiger partial charge >= 0.3 is 5.97 Å². The van der Waals surface area contributed by atoms with E-state index < -0.39 is 11.8 Å². The maximum atomic E-state index is 14.4. The first-order valence-corrected chi connectivity index (χ1v) is 12.4. The van der Waals surface area contributed by atoms with Gasteiger partial charge < -0.3 is 14.2 Å². The highest BCUT2D eigenvalue weighted by atomic mass is 19.1. The van der Waals surface area contributed by atoms with Crippen LogP contribution in [0.1, 0.15) is 29.0 Å². The molecule has 0 saturated heterocycles. The Balaban J connectivity index is 1.36. The Kier molecular flexibility index (Phi) is 7.37. The average Bonchev–Trinajstić information content (AvgIpc) is 2.92. The van der Waals surface area contributed by atoms with Crippen molar-refractivity contribution in [3.8, 4) is 11.5 Å². The predicted molar refractivity (Wildman–Crippen MR) is 142 cm³/mol. The second kappa shape index (κ2) is 11.0. The Morgan fingerprint density at radius 3 is 2.68 bits per heavy atom. The maximum absolute atomic E-state index is 14.4. The molecule has 0 amide bonds. The summed E-state index contributed by atoms with van der Waals surface area (Å²) in [6.07, 6.45) is 0.684. The Hall–Kier alpha value is -3.90. The van der Waals surface area contributed by atoms with E-state index >= 15 is 0 Å². The Morgan fingerprint density at radius 1 is 1.03 bits per heavy atom. The number of para-hydroxylation sites is 1. The molecule has 190 valence electrons. The molecule has 0 aromatic heterocycles. The number of likely N-dealkylation sites (N-methyl/N-ethyl adjacent to an activating group) is 1. The quantitative estimate of drug-likeness (QED) is 0.281. The number of hydrogen-bond donors (Lipinski definition) is 0. The van der Waals surface area contributed by atoms with Crippen molar-refractivity contribution in [2.75, 3.05) is 27.3 Å². The molecule has 0 spiro atoms. The zero-order valence-electron chi connectivity index (χ0n) is 21.0. The van der Waals surface area contributed by atoms with Crippen LogP contribution in [0.25, 0.3) is 10.8 Å². The normalized spacial score (nSPS) is 16.8. The summed E-state index contributed by atoms with van der Waals surface area (Å²) in [6.45, 7) is 1.19. The van der Waals surface area contributed by atoms with Crippen LogP contribution in [0.15, 0.2) is 84.9 Å². The van der Waals surface area contributed by atoms with Crippen molar-refractivity contribution < 1.29 is 23.4 Å². The number of nitrogens with zero attached hydrogens (tertiary/aromatic N) is 1. The molecule has 0 bridgehead atoms. The summed E-state index contributed by atoms with van der Waals surface area (Å²) in [7, 11) is 3.38. The molecule has 2 unspecified atom stereocenters. The number of esters is 1. The number of hydrogen-bond acceptors (Lipinski definition) is 5. The van der Waals surface area contributed by atoms with E-state index in [-0.39, 0.29) is 24.4 Å². The summed E-state index contributed by atoms with van der Waals surface area (Å²) in [4.78, 5) is 13.8. The second-order valence-corrected chi connectivity index (χ2v) is 9.46. The first-order valence-electron chi connectivity index (χ1n) is 12.4. The molecule has 5 nitrogen and oxygen atoms in total. The van der Waals surface area contributed by atoms with Gasteiger partial charge in [-0.05, 0) is 53.6 Å². The van der Waals surface area contributed by atoms with Gasteiger partial charge in [0.15, 0.2) is 18.2 Å². The van der Waals surface area contributed by atoms with E-state index in [2.05, 4.69) is 59.1 Å². The zero-order valence-corrected chi connectivity index (χ0v) is 21.0. The molecule has 0 radical (unpaired) electrons. The largest absolute Gasteiger partial charge is 0.489 e. The van der Waals surface area contributed by atoms with Crippen molar-refractivity contribution >= 4 is 16.7 Å². The number of methoxy groups -OCH3 is 1. The van der Waals surface area contributed by atoms with E-state index in [0.717, 1.165) is 36.4 Å². The molecule has 37 heavy (non-hydrogen) atoms. The molecule has 5 rings (SSSR count). The SMILES string of the molecule is COC(=O)COc1cc(C2CC(CN(C)Cc3cccc4ccccc34)Oc3ccccc32)ccc1F. The average molecular weight is 500 g/mol. The molecule has 0 aliphatic carbocycles. The summed E-state index contributed by atoms with van der Waals surface area (Å²) in [5.74, 6) is -0.197. The molecule has 0 fully saturated rings. The first kappa shape index (κ1) is 24.8. The minimum atomic E-state index is -0.560. The summed E-state index contributed by atoms with van der Waals surface area (Å²) < 4.78 is 30.9. The summed E-state index contributed by atoms with van der Waals surface area (Å²) in [5.41, 5.74) is 3.25. The minimum absolute atomic E-state index is 0.00184. The van der Waals surface area contributed by atoms with Crippen LogP contribution >= 0.6 is 0 Å². The lowest BCUT2D eigenvalue weighted by atomic mass is 9.84. The Bertz CT molecular complexity index is 1400. The third kappa shape index (κ3) is 5.59. The second-order valence-electron chi connectivity index (χ2n) is 9.46. The van der Waals surface area contributed by atoms with E-state index in [4.69, 9.17) is 9.47 Å². The first-order chi connectivity index (χ1) is 18.0. The molecule has 4 aromatic rings. The van der Waals surface area contributed by atoms with Crippen molar-refractivity contribution in [3.05, 3.63) is 107 Å². The van der Waals surface area contributed by atoms with Gasteiger partial charge in [-0.25, -0.2) is 9.18 Å². The highest BCUT2D eigenvalue weighted by Gasteiger charge is 2.30. The van der Waals surface area contributed by atoms with Crippen LogP contribution in [0.2, 0.25) is 0 Å². The Labute approximate surface area is 216 Å². The fourth-order valence-electron chi connectivity index (χ4n) is 5.10. The summed E-state index contributed by atoms with van der Waals surface area (Å²) >= 11 is 0. The van der Waals surface area contributed by atoms with Gasteiger partial charge in [0.25, 0.3) is 0 Å². The Morgan fingerprint density at radius 2 is 1.81 bits per heavy atom. The monoisotopic (exact) mass is 499 g/mol. The van der Waals surface area contributed by atoms with E-state index in [1.807, 2.05) is 24.3 Å². The van der Waals surface area contributed by atoms with E-state index in [9.17, 15) is 9.18 Å². The molecule has 1 aliphatic heterocycles. The lowest BCUT2D eigenvalue weighted by Gasteiger charge is -2.34. The fraction of sp³-hybridized carbons (Fsp3) is 0.258. The summed E-state index contributed by atoms with van der Waals surface area (Å²) in [5, 5.41) is 2.49. The van der Waals surface area contributed by atoms with Crippen molar-refractivity contribution in [2.45, 2.75) is 25.0 Å². The molecule has 6 heteroatoms. The maximum Gasteiger partial charge on any atom is 0.343 e. The van der Waals surface area contributed by atoms with Crippen LogP contribution in [-0.2, 0) is 16.1 Å². The lowest BCUT2D eigenvalue weighted by Crippen LogP contribution is -2.36. The third-order valence-corrected chi connectivity index (χ3v) is 6.85. The van der Waals surface area contributed by atoms with E-state index in [1.165, 1.54) is 29.5 Å². The molecule has 1 heterocycles. The van der Waals surface area contributed by atoms with Gasteiger partial charge in [0.05, 0.1) is 7.11 Å². The van der Waals surface area contributed by atoms with Crippen molar-refractivity contribution in [3.63, 3.8) is 0 Å². The van der Waals surface area contributed by atoms with Crippen LogP contribution in [0.5, 0.6) is 11.5 Å². The standard InChI is InChI=1S/C31H30FNO4/c1-33(18-23-10-7-9-21-8-3-4-11-25(21)23)19-24-17-27(26-12-5-6-13-29(26)37-24)22-14-15-28(32)30(16-22)36-20-31(34)35-2/h3-16,24,27H,17-20H2,1-2H3. The number of halogens is 1. The molecule has 0 saturated carbocycles. The van der Waals surface area contributed by atoms with Gasteiger partial charge in [-0.3, -0.25) is 4.90 Å². The fourth-order valence-corrected chi connectivity index (χ4v) is 5.10. The minimum Gasteiger partial charge on any atom is -0.489 e. The van der Waals surface area contributed by atoms with Crippen molar-refractivity contribution in [1.82, 2.24) is 4.90 Å². The number of rotatable bonds is 8. The van der Waals surface area contributed by atoms with Crippen LogP contribution in [-0.4, -0.2) is 44.3 Å². The van der Waals surface area contributed by atoms with E-state index in [0.29, 0.717) is 0 Å². The lowest BCUT2D eigenvalue weighted by molar-refractivity contribution is -0.142. The molecular weight excluding hydrogens is 469 g/mol. The zero-order chi connectivity index (χ0) is 25.8.